The number of amides is 3. The molecule has 3 amide bonds. The van der Waals surface area contributed by atoms with E-state index >= 15 is 0 Å². The molecule has 2 aromatic rings. The molecule has 1 aliphatic heterocycles. The smallest absolute Gasteiger partial charge is 0.328 e. The van der Waals surface area contributed by atoms with E-state index in [2.05, 4.69) is 16.0 Å². The Morgan fingerprint density at radius 1 is 1.03 bits per heavy atom. The molecule has 0 saturated carbocycles. The first-order valence-corrected chi connectivity index (χ1v) is 10.4. The van der Waals surface area contributed by atoms with Gasteiger partial charge >= 0.3 is 5.97 Å². The fourth-order valence-electron chi connectivity index (χ4n) is 3.59. The number of nitrogens with zero attached hydrogens (tertiary/aromatic N) is 1. The van der Waals surface area contributed by atoms with Crippen molar-refractivity contribution in [2.75, 3.05) is 7.11 Å². The normalized spacial score (nSPS) is 18.3. The van der Waals surface area contributed by atoms with Crippen molar-refractivity contribution in [2.24, 2.45) is 0 Å². The van der Waals surface area contributed by atoms with Crippen molar-refractivity contribution in [3.05, 3.63) is 71.3 Å². The molecule has 0 bridgehead atoms. The Morgan fingerprint density at radius 3 is 2.39 bits per heavy atom. The zero-order valence-electron chi connectivity index (χ0n) is 18.0. The number of piperazine rings is 1. The Hall–Kier alpha value is -4.19. The second-order valence-electron chi connectivity index (χ2n) is 7.68. The Balaban J connectivity index is 1.59. The maximum atomic E-state index is 12.6. The van der Waals surface area contributed by atoms with E-state index in [0.29, 0.717) is 17.5 Å². The third-order valence-corrected chi connectivity index (χ3v) is 5.25. The van der Waals surface area contributed by atoms with Crippen LogP contribution < -0.4 is 16.0 Å². The molecule has 0 radical (unpaired) electrons. The molecule has 170 valence electrons. The number of nitrogens with one attached hydrogen (secondary N) is 3. The fraction of sp³-hybridized carbons (Fsp3) is 0.292. The molecule has 0 spiro atoms. The highest BCUT2D eigenvalue weighted by Gasteiger charge is 2.35. The third-order valence-electron chi connectivity index (χ3n) is 5.25. The molecule has 9 nitrogen and oxygen atoms in total. The van der Waals surface area contributed by atoms with E-state index in [1.54, 1.807) is 24.3 Å². The lowest BCUT2D eigenvalue weighted by atomic mass is 10.0. The lowest BCUT2D eigenvalue weighted by Crippen LogP contribution is -2.63. The fourth-order valence-corrected chi connectivity index (χ4v) is 3.59. The van der Waals surface area contributed by atoms with Crippen molar-refractivity contribution in [3.63, 3.8) is 0 Å². The van der Waals surface area contributed by atoms with Gasteiger partial charge in [0.1, 0.15) is 18.1 Å². The first-order valence-electron chi connectivity index (χ1n) is 10.4. The summed E-state index contributed by atoms with van der Waals surface area (Å²) in [5.41, 5.74) is 1.99. The predicted octanol–water partition coefficient (Wildman–Crippen LogP) is 0.375. The molecule has 1 fully saturated rings. The van der Waals surface area contributed by atoms with Crippen LogP contribution in [0.4, 0.5) is 0 Å². The zero-order valence-corrected chi connectivity index (χ0v) is 18.0. The molecule has 2 aromatic carbocycles. The number of carbonyl (C=O) groups is 4. The summed E-state index contributed by atoms with van der Waals surface area (Å²) in [5, 5.41) is 16.8. The van der Waals surface area contributed by atoms with Crippen LogP contribution in [0.15, 0.2) is 54.6 Å². The molecule has 0 aliphatic carbocycles. The second kappa shape index (κ2) is 10.9. The van der Waals surface area contributed by atoms with Crippen LogP contribution in [0.25, 0.3) is 0 Å². The van der Waals surface area contributed by atoms with Gasteiger partial charge in [0.05, 0.1) is 25.2 Å². The minimum absolute atomic E-state index is 0.107. The summed E-state index contributed by atoms with van der Waals surface area (Å²) in [4.78, 5) is 49.7. The number of rotatable bonds is 8. The van der Waals surface area contributed by atoms with Gasteiger partial charge in [-0.3, -0.25) is 14.4 Å². The van der Waals surface area contributed by atoms with E-state index in [-0.39, 0.29) is 18.7 Å². The summed E-state index contributed by atoms with van der Waals surface area (Å²) in [6.45, 7) is 0. The number of benzene rings is 2. The minimum Gasteiger partial charge on any atom is -0.467 e. The summed E-state index contributed by atoms with van der Waals surface area (Å²) in [7, 11) is 1.20. The lowest BCUT2D eigenvalue weighted by molar-refractivity contribution is -0.145. The van der Waals surface area contributed by atoms with Crippen LogP contribution in [0.3, 0.4) is 0 Å². The number of ether oxygens (including phenoxy) is 1. The number of nitriles is 1. The quantitative estimate of drug-likeness (QED) is 0.499. The van der Waals surface area contributed by atoms with Crippen molar-refractivity contribution in [1.82, 2.24) is 16.0 Å². The number of hydrogen-bond acceptors (Lipinski definition) is 6. The van der Waals surface area contributed by atoms with Crippen LogP contribution >= 0.6 is 0 Å². The van der Waals surface area contributed by atoms with Gasteiger partial charge in [-0.2, -0.15) is 5.26 Å². The number of hydrogen-bond donors (Lipinski definition) is 3. The first-order chi connectivity index (χ1) is 15.9. The second-order valence-corrected chi connectivity index (χ2v) is 7.68. The lowest BCUT2D eigenvalue weighted by Gasteiger charge is -2.29. The Morgan fingerprint density at radius 2 is 1.70 bits per heavy atom. The van der Waals surface area contributed by atoms with Gasteiger partial charge in [-0.05, 0) is 23.3 Å². The van der Waals surface area contributed by atoms with Gasteiger partial charge < -0.3 is 20.7 Å². The highest BCUT2D eigenvalue weighted by atomic mass is 16.5. The van der Waals surface area contributed by atoms with Crippen molar-refractivity contribution >= 4 is 23.7 Å². The van der Waals surface area contributed by atoms with Crippen LogP contribution in [0.5, 0.6) is 0 Å². The van der Waals surface area contributed by atoms with Gasteiger partial charge in [-0.25, -0.2) is 4.79 Å². The zero-order chi connectivity index (χ0) is 23.8. The van der Waals surface area contributed by atoms with Gasteiger partial charge in [0.15, 0.2) is 0 Å². The average molecular weight is 448 g/mol. The van der Waals surface area contributed by atoms with Crippen LogP contribution in [0.2, 0.25) is 0 Å². The van der Waals surface area contributed by atoms with Gasteiger partial charge in [-0.15, -0.1) is 0 Å². The van der Waals surface area contributed by atoms with E-state index in [0.717, 1.165) is 5.56 Å². The van der Waals surface area contributed by atoms with Gasteiger partial charge in [0.25, 0.3) is 0 Å². The van der Waals surface area contributed by atoms with E-state index in [1.165, 1.54) is 7.11 Å². The summed E-state index contributed by atoms with van der Waals surface area (Å²) in [5.74, 6) is -2.11. The monoisotopic (exact) mass is 448 g/mol. The van der Waals surface area contributed by atoms with E-state index < -0.39 is 35.9 Å². The minimum atomic E-state index is -1.05. The van der Waals surface area contributed by atoms with E-state index in [1.807, 2.05) is 36.4 Å². The molecule has 9 heteroatoms. The Kier molecular flexibility index (Phi) is 7.76. The standard InChI is InChI=1S/C24H24N4O5/c1-33-24(32)20(12-16-8-5-9-17(10-16)14-25)26-21(29)13-19-23(31)27-18(22(30)28-19)11-15-6-3-2-4-7-15/h2-10,18-20H,11-13H2,1H3,(H,26,29)(H,27,31)(H,28,30)/t18-,19-,20+/m0/s1. The molecule has 33 heavy (non-hydrogen) atoms. The van der Waals surface area contributed by atoms with Crippen molar-refractivity contribution < 1.29 is 23.9 Å². The van der Waals surface area contributed by atoms with Gasteiger partial charge in [0.2, 0.25) is 17.7 Å². The van der Waals surface area contributed by atoms with Crippen molar-refractivity contribution in [3.8, 4) is 6.07 Å². The summed E-state index contributed by atoms with van der Waals surface area (Å²) in [6, 6.07) is 15.2. The molecule has 1 heterocycles. The largest absolute Gasteiger partial charge is 0.467 e. The number of carbonyl (C=O) groups excluding carboxylic acids is 4. The van der Waals surface area contributed by atoms with E-state index in [4.69, 9.17) is 10.00 Å². The molecule has 3 N–H and O–H groups in total. The summed E-state index contributed by atoms with van der Waals surface area (Å²) < 4.78 is 4.77. The maximum absolute atomic E-state index is 12.6. The van der Waals surface area contributed by atoms with Crippen molar-refractivity contribution in [1.29, 1.82) is 5.26 Å². The molecule has 3 rings (SSSR count). The van der Waals surface area contributed by atoms with E-state index in [9.17, 15) is 19.2 Å². The highest BCUT2D eigenvalue weighted by Crippen LogP contribution is 2.11. The SMILES string of the molecule is COC(=O)[C@@H](Cc1cccc(C#N)c1)NC(=O)C[C@@H]1NC(=O)[C@H](Cc2ccccc2)NC1=O. The van der Waals surface area contributed by atoms with Crippen LogP contribution in [0.1, 0.15) is 23.1 Å². The molecule has 3 atom stereocenters. The highest BCUT2D eigenvalue weighted by molar-refractivity contribution is 5.99. The maximum Gasteiger partial charge on any atom is 0.328 e. The molecule has 0 aromatic heterocycles. The number of esters is 1. The molecule has 1 saturated heterocycles. The number of methoxy groups -OCH3 is 1. The summed E-state index contributed by atoms with van der Waals surface area (Å²) >= 11 is 0. The van der Waals surface area contributed by atoms with Crippen LogP contribution in [0, 0.1) is 11.3 Å². The van der Waals surface area contributed by atoms with Crippen LogP contribution in [-0.2, 0) is 36.8 Å². The molecular formula is C24H24N4O5. The first kappa shape index (κ1) is 23.5. The van der Waals surface area contributed by atoms with Crippen molar-refractivity contribution in [2.45, 2.75) is 37.4 Å². The molecule has 1 aliphatic rings. The van der Waals surface area contributed by atoms with Gasteiger partial charge in [0, 0.05) is 12.8 Å². The molecule has 0 unspecified atom stereocenters. The van der Waals surface area contributed by atoms with Gasteiger partial charge in [-0.1, -0.05) is 42.5 Å². The Labute approximate surface area is 191 Å². The topological polar surface area (TPSA) is 137 Å². The predicted molar refractivity (Wildman–Crippen MR) is 117 cm³/mol. The average Bonchev–Trinajstić information content (AvgIpc) is 2.82. The molecular weight excluding hydrogens is 424 g/mol. The summed E-state index contributed by atoms with van der Waals surface area (Å²) in [6.07, 6.45) is 0.112. The third kappa shape index (κ3) is 6.40. The Bertz CT molecular complexity index is 1080. The van der Waals surface area contributed by atoms with Crippen LogP contribution in [-0.4, -0.2) is 48.9 Å².